The molecule has 4 N–H and O–H groups in total. The number of carbonyl (C=O) groups is 1. The molecule has 0 heterocycles. The molecule has 0 aliphatic rings. The second kappa shape index (κ2) is 12.0. The molecule has 0 saturated heterocycles. The molecule has 26 heavy (non-hydrogen) atoms. The van der Waals surface area contributed by atoms with Crippen molar-refractivity contribution >= 4 is 13.8 Å². The van der Waals surface area contributed by atoms with Gasteiger partial charge in [-0.3, -0.25) is 13.8 Å². The largest absolute Gasteiger partial charge is 0.530 e. The van der Waals surface area contributed by atoms with Gasteiger partial charge in [0.2, 0.25) is 0 Å². The Morgan fingerprint density at radius 2 is 1.73 bits per heavy atom. The van der Waals surface area contributed by atoms with Crippen molar-refractivity contribution in [3.05, 3.63) is 29.8 Å². The van der Waals surface area contributed by atoms with E-state index >= 15 is 0 Å². The van der Waals surface area contributed by atoms with Crippen LogP contribution in [0.15, 0.2) is 24.3 Å². The molecule has 0 bridgehead atoms. The molecule has 9 heteroatoms. The van der Waals surface area contributed by atoms with E-state index in [0.29, 0.717) is 18.7 Å². The molecule has 0 unspecified atom stereocenters. The second-order valence-corrected chi connectivity index (χ2v) is 7.11. The van der Waals surface area contributed by atoms with E-state index in [1.807, 2.05) is 0 Å². The predicted molar refractivity (Wildman–Crippen MR) is 98.6 cm³/mol. The average Bonchev–Trinajstić information content (AvgIpc) is 2.61. The smallest absolute Gasteiger partial charge is 0.460 e. The van der Waals surface area contributed by atoms with E-state index in [9.17, 15) is 9.36 Å². The third kappa shape index (κ3) is 8.29. The molecule has 1 aromatic carbocycles. The molecule has 0 fully saturated rings. The minimum Gasteiger partial charge on any atom is -0.460 e. The van der Waals surface area contributed by atoms with Gasteiger partial charge in [0, 0.05) is 0 Å². The summed E-state index contributed by atoms with van der Waals surface area (Å²) in [7, 11) is -3.62. The monoisotopic (exact) mass is 388 g/mol. The minimum atomic E-state index is -3.62. The van der Waals surface area contributed by atoms with Crippen molar-refractivity contribution in [3.63, 3.8) is 0 Å². The molecule has 148 valence electrons. The highest BCUT2D eigenvalue weighted by atomic mass is 31.2. The van der Waals surface area contributed by atoms with Crippen molar-refractivity contribution in [2.75, 3.05) is 19.8 Å². The maximum Gasteiger partial charge on any atom is 0.530 e. The number of carbonyl (C=O) groups excluding carboxylic acids is 1. The summed E-state index contributed by atoms with van der Waals surface area (Å²) in [6.07, 6.45) is 2.17. The topological polar surface area (TPSA) is 123 Å². The summed E-state index contributed by atoms with van der Waals surface area (Å²) >= 11 is 0. The number of hydrogen-bond donors (Lipinski definition) is 2. The van der Waals surface area contributed by atoms with Gasteiger partial charge in [0.15, 0.2) is 0 Å². The third-order valence-electron chi connectivity index (χ3n) is 3.37. The van der Waals surface area contributed by atoms with E-state index in [1.54, 1.807) is 38.1 Å². The lowest BCUT2D eigenvalue weighted by atomic mass is 10.1. The molecule has 8 nitrogen and oxygen atoms in total. The summed E-state index contributed by atoms with van der Waals surface area (Å²) in [5, 5.41) is 0. The second-order valence-electron chi connectivity index (χ2n) is 5.52. The van der Waals surface area contributed by atoms with Crippen LogP contribution in [0.2, 0.25) is 0 Å². The van der Waals surface area contributed by atoms with Crippen LogP contribution < -0.4 is 16.0 Å². The summed E-state index contributed by atoms with van der Waals surface area (Å²) in [6.45, 7) is 4.49. The normalized spacial score (nSPS) is 12.6. The number of phosphoric ester groups is 1. The van der Waals surface area contributed by atoms with Gasteiger partial charge < -0.3 is 20.7 Å². The van der Waals surface area contributed by atoms with Crippen LogP contribution in [0.4, 0.5) is 0 Å². The zero-order valence-corrected chi connectivity index (χ0v) is 16.3. The lowest BCUT2D eigenvalue weighted by Gasteiger charge is -2.17. The van der Waals surface area contributed by atoms with Crippen LogP contribution in [-0.4, -0.2) is 31.8 Å². The molecule has 1 rings (SSSR count). The van der Waals surface area contributed by atoms with E-state index in [0.717, 1.165) is 18.4 Å². The first-order valence-corrected chi connectivity index (χ1v) is 10.2. The zero-order chi connectivity index (χ0) is 19.4. The number of ether oxygens (including phenoxy) is 1. The van der Waals surface area contributed by atoms with Crippen LogP contribution in [0.1, 0.15) is 38.7 Å². The first-order valence-electron chi connectivity index (χ1n) is 8.74. The number of unbranched alkanes of at least 4 members (excludes halogenated alkanes) is 1. The third-order valence-corrected chi connectivity index (χ3v) is 4.95. The van der Waals surface area contributed by atoms with Crippen molar-refractivity contribution in [1.29, 1.82) is 0 Å². The molecular weight excluding hydrogens is 359 g/mol. The molecule has 1 aromatic rings. The zero-order valence-electron chi connectivity index (χ0n) is 15.4. The number of hydrogen-bond acceptors (Lipinski definition) is 8. The van der Waals surface area contributed by atoms with Gasteiger partial charge in [0.05, 0.1) is 13.2 Å². The molecule has 0 amide bonds. The van der Waals surface area contributed by atoms with Crippen LogP contribution in [0.25, 0.3) is 0 Å². The Kier molecular flexibility index (Phi) is 10.5. The van der Waals surface area contributed by atoms with E-state index in [1.165, 1.54) is 0 Å². The Hall–Kier alpha value is -1.44. The maximum absolute atomic E-state index is 12.3. The van der Waals surface area contributed by atoms with Crippen molar-refractivity contribution in [3.8, 4) is 5.75 Å². The molecule has 0 aromatic heterocycles. The number of rotatable bonds is 13. The number of esters is 1. The molecule has 0 radical (unpaired) electrons. The molecule has 1 atom stereocenters. The van der Waals surface area contributed by atoms with Crippen LogP contribution in [0, 0.1) is 0 Å². The Morgan fingerprint density at radius 3 is 2.27 bits per heavy atom. The quantitative estimate of drug-likeness (QED) is 0.300. The summed E-state index contributed by atoms with van der Waals surface area (Å²) in [5.74, 6) is -0.108. The Morgan fingerprint density at radius 1 is 1.12 bits per heavy atom. The maximum atomic E-state index is 12.3. The molecule has 0 spiro atoms. The van der Waals surface area contributed by atoms with Crippen molar-refractivity contribution < 1.29 is 27.7 Å². The van der Waals surface area contributed by atoms with Gasteiger partial charge in [-0.1, -0.05) is 18.6 Å². The summed E-state index contributed by atoms with van der Waals surface area (Å²) < 4.78 is 33.0. The Labute approximate surface area is 154 Å². The number of benzene rings is 1. The first kappa shape index (κ1) is 22.6. The lowest BCUT2D eigenvalue weighted by Crippen LogP contribution is -2.32. The number of nitrogens with two attached hydrogens (primary N) is 2. The Bertz CT molecular complexity index is 571. The fourth-order valence-electron chi connectivity index (χ4n) is 2.07. The summed E-state index contributed by atoms with van der Waals surface area (Å²) in [5.41, 5.74) is 11.9. The Balaban J connectivity index is 2.51. The predicted octanol–water partition coefficient (Wildman–Crippen LogP) is 2.75. The van der Waals surface area contributed by atoms with Gasteiger partial charge in [0.1, 0.15) is 18.4 Å². The first-order chi connectivity index (χ1) is 12.4. The van der Waals surface area contributed by atoms with Gasteiger partial charge in [-0.2, -0.15) is 0 Å². The molecule has 0 saturated carbocycles. The van der Waals surface area contributed by atoms with Crippen molar-refractivity contribution in [1.82, 2.24) is 0 Å². The van der Waals surface area contributed by atoms with E-state index in [4.69, 9.17) is 29.8 Å². The van der Waals surface area contributed by atoms with Gasteiger partial charge >= 0.3 is 13.8 Å². The highest BCUT2D eigenvalue weighted by Gasteiger charge is 2.27. The average molecular weight is 388 g/mol. The van der Waals surface area contributed by atoms with Gasteiger partial charge in [0.25, 0.3) is 0 Å². The summed E-state index contributed by atoms with van der Waals surface area (Å²) in [6, 6.07) is 5.96. The van der Waals surface area contributed by atoms with Gasteiger partial charge in [-0.15, -0.1) is 0 Å². The van der Waals surface area contributed by atoms with Crippen LogP contribution in [-0.2, 0) is 29.8 Å². The fourth-order valence-corrected chi connectivity index (χ4v) is 3.26. The summed E-state index contributed by atoms with van der Waals surface area (Å²) in [4.78, 5) is 11.8. The molecular formula is C17H29N2O6P. The standard InChI is InChI=1S/C17H29N2O6P/c1-3-23-26(21,24-4-2)25-15-10-8-14(9-11-15)13-22-17(20)16(19)7-5-6-12-18/h8-11,16H,3-7,12-13,18-19H2,1-2H3/t16-/m0/s1. The van der Waals surface area contributed by atoms with Gasteiger partial charge in [-0.05, 0) is 50.9 Å². The van der Waals surface area contributed by atoms with E-state index < -0.39 is 19.8 Å². The van der Waals surface area contributed by atoms with E-state index in [2.05, 4.69) is 0 Å². The van der Waals surface area contributed by atoms with E-state index in [-0.39, 0.29) is 19.8 Å². The van der Waals surface area contributed by atoms with Crippen LogP contribution in [0.5, 0.6) is 5.75 Å². The van der Waals surface area contributed by atoms with Crippen molar-refractivity contribution in [2.24, 2.45) is 11.5 Å². The van der Waals surface area contributed by atoms with Gasteiger partial charge in [-0.25, -0.2) is 4.57 Å². The lowest BCUT2D eigenvalue weighted by molar-refractivity contribution is -0.146. The SMILES string of the molecule is CCOP(=O)(OCC)Oc1ccc(COC(=O)[C@@H](N)CCCCN)cc1. The molecule has 0 aliphatic heterocycles. The fraction of sp³-hybridized carbons (Fsp3) is 0.588. The van der Waals surface area contributed by atoms with Crippen LogP contribution >= 0.6 is 7.82 Å². The highest BCUT2D eigenvalue weighted by molar-refractivity contribution is 7.48. The highest BCUT2D eigenvalue weighted by Crippen LogP contribution is 2.49. The minimum absolute atomic E-state index is 0.0955. The van der Waals surface area contributed by atoms with Crippen molar-refractivity contribution in [2.45, 2.75) is 45.8 Å². The number of phosphoric acid groups is 1. The van der Waals surface area contributed by atoms with Crippen LogP contribution in [0.3, 0.4) is 0 Å². The molecule has 0 aliphatic carbocycles.